The highest BCUT2D eigenvalue weighted by Gasteiger charge is 2.05. The number of carbonyl (C=O) groups is 1. The first-order valence-corrected chi connectivity index (χ1v) is 6.48. The predicted molar refractivity (Wildman–Crippen MR) is 56.6 cm³/mol. The Morgan fingerprint density at radius 1 is 1.50 bits per heavy atom. The number of hydrogen-bond acceptors (Lipinski definition) is 4. The van der Waals surface area contributed by atoms with Crippen LogP contribution in [0.25, 0.3) is 0 Å². The summed E-state index contributed by atoms with van der Waals surface area (Å²) < 4.78 is 4.93. The van der Waals surface area contributed by atoms with Crippen molar-refractivity contribution in [1.29, 1.82) is 0 Å². The van der Waals surface area contributed by atoms with E-state index in [1.807, 2.05) is 13.8 Å². The number of hydrogen-bond donors (Lipinski definition) is 0. The van der Waals surface area contributed by atoms with Gasteiger partial charge in [0.25, 0.3) is 0 Å². The van der Waals surface area contributed by atoms with Gasteiger partial charge in [-0.1, -0.05) is 24.1 Å². The van der Waals surface area contributed by atoms with Gasteiger partial charge in [-0.25, -0.2) is 4.79 Å². The first-order chi connectivity index (χ1) is 5.66. The largest absolute Gasteiger partial charge is 0.454 e. The van der Waals surface area contributed by atoms with E-state index < -0.39 is 0 Å². The molecule has 0 saturated heterocycles. The van der Waals surface area contributed by atoms with Crippen LogP contribution in [-0.2, 0) is 4.74 Å². The summed E-state index contributed by atoms with van der Waals surface area (Å²) >= 11 is 0. The summed E-state index contributed by atoms with van der Waals surface area (Å²) in [6.07, 6.45) is 2.33. The third-order valence-electron chi connectivity index (χ3n) is 1.04. The molecule has 0 saturated carbocycles. The number of ether oxygens (including phenoxy) is 1. The minimum atomic E-state index is -0.175. The van der Waals surface area contributed by atoms with Gasteiger partial charge in [0, 0.05) is 16.5 Å². The molecule has 0 fully saturated rings. The van der Waals surface area contributed by atoms with Gasteiger partial charge in [0.1, 0.15) is 0 Å². The van der Waals surface area contributed by atoms with Crippen LogP contribution in [0.4, 0.5) is 4.79 Å². The minimum Gasteiger partial charge on any atom is -0.454 e. The normalized spacial score (nSPS) is 10.3. The van der Waals surface area contributed by atoms with E-state index in [2.05, 4.69) is 6.92 Å². The van der Waals surface area contributed by atoms with Gasteiger partial charge < -0.3 is 4.74 Å². The van der Waals surface area contributed by atoms with Crippen molar-refractivity contribution < 1.29 is 9.53 Å². The van der Waals surface area contributed by atoms with Crippen LogP contribution in [0.1, 0.15) is 33.6 Å². The molecule has 0 aromatic carbocycles. The molecule has 0 aliphatic rings. The first kappa shape index (κ1) is 12.2. The highest BCUT2D eigenvalue weighted by atomic mass is 33.1. The third-order valence-corrected chi connectivity index (χ3v) is 3.11. The zero-order valence-corrected chi connectivity index (χ0v) is 9.46. The van der Waals surface area contributed by atoms with Gasteiger partial charge in [-0.3, -0.25) is 0 Å². The molecule has 12 heavy (non-hydrogen) atoms. The van der Waals surface area contributed by atoms with Gasteiger partial charge in [-0.15, -0.1) is 0 Å². The Morgan fingerprint density at radius 3 is 2.67 bits per heavy atom. The molecule has 0 amide bonds. The van der Waals surface area contributed by atoms with E-state index in [1.54, 1.807) is 10.8 Å². The van der Waals surface area contributed by atoms with Gasteiger partial charge in [0.2, 0.25) is 0 Å². The zero-order valence-electron chi connectivity index (χ0n) is 7.83. The highest BCUT2D eigenvalue weighted by Crippen LogP contribution is 2.24. The lowest BCUT2D eigenvalue weighted by Gasteiger charge is -2.05. The molecular formula is C8H16O2S2. The van der Waals surface area contributed by atoms with Crippen LogP contribution in [0.2, 0.25) is 0 Å². The number of unbranched alkanes of at least 4 members (excludes halogenated alkanes) is 1. The fraction of sp³-hybridized carbons (Fsp3) is 0.875. The second-order valence-electron chi connectivity index (χ2n) is 2.68. The number of carbonyl (C=O) groups excluding carboxylic acids is 1. The standard InChI is InChI=1S/C8H16O2S2/c1-4-5-6-11-12-8(9)10-7(2)3/h7H,4-6H2,1-3H3. The molecule has 2 nitrogen and oxygen atoms in total. The lowest BCUT2D eigenvalue weighted by atomic mass is 10.4. The molecule has 0 N–H and O–H groups in total. The molecular weight excluding hydrogens is 192 g/mol. The maximum absolute atomic E-state index is 10.9. The van der Waals surface area contributed by atoms with E-state index in [0.717, 1.165) is 12.2 Å². The molecule has 0 heterocycles. The van der Waals surface area contributed by atoms with E-state index in [4.69, 9.17) is 4.74 Å². The molecule has 0 rings (SSSR count). The Balaban J connectivity index is 3.20. The van der Waals surface area contributed by atoms with Gasteiger partial charge in [-0.05, 0) is 20.3 Å². The van der Waals surface area contributed by atoms with E-state index in [1.165, 1.54) is 17.2 Å². The summed E-state index contributed by atoms with van der Waals surface area (Å²) in [5.74, 6) is 1.02. The Labute approximate surface area is 82.2 Å². The van der Waals surface area contributed by atoms with Crippen LogP contribution in [0.3, 0.4) is 0 Å². The monoisotopic (exact) mass is 208 g/mol. The van der Waals surface area contributed by atoms with Gasteiger partial charge in [0.15, 0.2) is 0 Å². The van der Waals surface area contributed by atoms with Crippen LogP contribution in [0.15, 0.2) is 0 Å². The lowest BCUT2D eigenvalue weighted by Crippen LogP contribution is -2.05. The smallest absolute Gasteiger partial charge is 0.378 e. The molecule has 0 atom stereocenters. The van der Waals surface area contributed by atoms with Crippen LogP contribution < -0.4 is 0 Å². The van der Waals surface area contributed by atoms with Crippen molar-refractivity contribution in [2.45, 2.75) is 39.7 Å². The quantitative estimate of drug-likeness (QED) is 0.391. The second kappa shape index (κ2) is 7.80. The first-order valence-electron chi connectivity index (χ1n) is 4.17. The molecule has 0 aromatic rings. The summed E-state index contributed by atoms with van der Waals surface area (Å²) in [5.41, 5.74) is 0. The molecule has 0 radical (unpaired) electrons. The van der Waals surface area contributed by atoms with Crippen LogP contribution in [0, 0.1) is 0 Å². The summed E-state index contributed by atoms with van der Waals surface area (Å²) in [7, 11) is 2.77. The summed E-state index contributed by atoms with van der Waals surface area (Å²) in [4.78, 5) is 10.9. The topological polar surface area (TPSA) is 26.3 Å². The van der Waals surface area contributed by atoms with E-state index >= 15 is 0 Å². The van der Waals surface area contributed by atoms with Crippen molar-refractivity contribution in [3.05, 3.63) is 0 Å². The van der Waals surface area contributed by atoms with Crippen LogP contribution in [0.5, 0.6) is 0 Å². The van der Waals surface area contributed by atoms with Crippen LogP contribution >= 0.6 is 21.6 Å². The maximum Gasteiger partial charge on any atom is 0.378 e. The Bertz CT molecular complexity index is 126. The molecule has 0 unspecified atom stereocenters. The van der Waals surface area contributed by atoms with Crippen molar-refractivity contribution >= 4 is 26.9 Å². The van der Waals surface area contributed by atoms with Gasteiger partial charge in [-0.2, -0.15) is 0 Å². The van der Waals surface area contributed by atoms with E-state index in [0.29, 0.717) is 0 Å². The van der Waals surface area contributed by atoms with Crippen LogP contribution in [-0.4, -0.2) is 17.2 Å². The average Bonchev–Trinajstić information content (AvgIpc) is 1.97. The van der Waals surface area contributed by atoms with Crippen molar-refractivity contribution in [3.8, 4) is 0 Å². The molecule has 4 heteroatoms. The highest BCUT2D eigenvalue weighted by molar-refractivity contribution is 8.82. The molecule has 72 valence electrons. The summed E-state index contributed by atoms with van der Waals surface area (Å²) in [5, 5.41) is -0.175. The lowest BCUT2D eigenvalue weighted by molar-refractivity contribution is 0.143. The summed E-state index contributed by atoms with van der Waals surface area (Å²) in [6, 6.07) is 0. The summed E-state index contributed by atoms with van der Waals surface area (Å²) in [6.45, 7) is 5.85. The Hall–Kier alpha value is 0.170. The molecule has 0 aromatic heterocycles. The molecule has 0 bridgehead atoms. The Kier molecular flexibility index (Phi) is 7.91. The van der Waals surface area contributed by atoms with Crippen molar-refractivity contribution in [3.63, 3.8) is 0 Å². The van der Waals surface area contributed by atoms with E-state index in [9.17, 15) is 4.79 Å². The SMILES string of the molecule is CCCCSSC(=O)OC(C)C. The second-order valence-corrected chi connectivity index (χ2v) is 5.03. The average molecular weight is 208 g/mol. The molecule has 0 spiro atoms. The minimum absolute atomic E-state index is 0.00299. The Morgan fingerprint density at radius 2 is 2.17 bits per heavy atom. The number of rotatable bonds is 5. The fourth-order valence-electron chi connectivity index (χ4n) is 0.505. The van der Waals surface area contributed by atoms with Gasteiger partial charge in [0.05, 0.1) is 6.10 Å². The predicted octanol–water partition coefficient (Wildman–Crippen LogP) is 3.71. The maximum atomic E-state index is 10.9. The fourth-order valence-corrected chi connectivity index (χ4v) is 2.33. The third kappa shape index (κ3) is 8.27. The van der Waals surface area contributed by atoms with E-state index in [-0.39, 0.29) is 11.4 Å². The molecule has 0 aliphatic carbocycles. The molecule has 0 aliphatic heterocycles. The van der Waals surface area contributed by atoms with Crippen molar-refractivity contribution in [2.75, 3.05) is 5.75 Å². The zero-order chi connectivity index (χ0) is 9.40. The van der Waals surface area contributed by atoms with Crippen molar-refractivity contribution in [2.24, 2.45) is 0 Å². The van der Waals surface area contributed by atoms with Crippen molar-refractivity contribution in [1.82, 2.24) is 0 Å². The van der Waals surface area contributed by atoms with Gasteiger partial charge >= 0.3 is 5.30 Å².